The molecule has 1 aliphatic carbocycles. The van der Waals surface area contributed by atoms with Crippen molar-refractivity contribution in [2.45, 2.75) is 63.8 Å². The Morgan fingerprint density at radius 3 is 2.36 bits per heavy atom. The molecule has 3 fully saturated rings. The highest BCUT2D eigenvalue weighted by Gasteiger charge is 2.39. The van der Waals surface area contributed by atoms with Crippen LogP contribution in [0.4, 0.5) is 0 Å². The Labute approximate surface area is 135 Å². The summed E-state index contributed by atoms with van der Waals surface area (Å²) in [5.74, 6) is 0.967. The van der Waals surface area contributed by atoms with Crippen molar-refractivity contribution in [3.63, 3.8) is 0 Å². The fourth-order valence-corrected chi connectivity index (χ4v) is 4.47. The SMILES string of the molecule is CC(C(=O)NCC1(N2CCCCC2)CCCCC1)C1CNC1. The first-order valence-electron chi connectivity index (χ1n) is 9.45. The van der Waals surface area contributed by atoms with Crippen molar-refractivity contribution in [3.05, 3.63) is 0 Å². The molecule has 2 aliphatic heterocycles. The predicted octanol–water partition coefficient (Wildman–Crippen LogP) is 2.15. The van der Waals surface area contributed by atoms with Gasteiger partial charge in [-0.05, 0) is 57.8 Å². The van der Waals surface area contributed by atoms with Crippen molar-refractivity contribution in [2.24, 2.45) is 11.8 Å². The third-order valence-corrected chi connectivity index (χ3v) is 6.34. The maximum absolute atomic E-state index is 12.5. The quantitative estimate of drug-likeness (QED) is 0.818. The van der Waals surface area contributed by atoms with Crippen molar-refractivity contribution in [1.82, 2.24) is 15.5 Å². The Kier molecular flexibility index (Phi) is 5.40. The van der Waals surface area contributed by atoms with E-state index in [1.54, 1.807) is 0 Å². The lowest BCUT2D eigenvalue weighted by molar-refractivity contribution is -0.127. The van der Waals surface area contributed by atoms with Crippen LogP contribution in [0, 0.1) is 11.8 Å². The first kappa shape index (κ1) is 16.3. The van der Waals surface area contributed by atoms with Gasteiger partial charge in [0, 0.05) is 18.0 Å². The molecule has 3 aliphatic rings. The zero-order valence-corrected chi connectivity index (χ0v) is 14.2. The monoisotopic (exact) mass is 307 g/mol. The van der Waals surface area contributed by atoms with Crippen LogP contribution < -0.4 is 10.6 Å². The Hall–Kier alpha value is -0.610. The average molecular weight is 307 g/mol. The number of amides is 1. The van der Waals surface area contributed by atoms with E-state index in [0.717, 1.165) is 19.6 Å². The number of carbonyl (C=O) groups excluding carboxylic acids is 1. The summed E-state index contributed by atoms with van der Waals surface area (Å²) in [6, 6.07) is 0. The molecule has 2 saturated heterocycles. The molecule has 4 nitrogen and oxygen atoms in total. The second-order valence-electron chi connectivity index (χ2n) is 7.76. The molecule has 0 bridgehead atoms. The molecular formula is C18H33N3O. The predicted molar refractivity (Wildman–Crippen MR) is 89.8 cm³/mol. The molecule has 2 heterocycles. The number of hydrogen-bond donors (Lipinski definition) is 2. The summed E-state index contributed by atoms with van der Waals surface area (Å²) in [6.45, 7) is 7.44. The third-order valence-electron chi connectivity index (χ3n) is 6.34. The van der Waals surface area contributed by atoms with E-state index in [1.165, 1.54) is 64.5 Å². The molecule has 1 atom stereocenters. The highest BCUT2D eigenvalue weighted by atomic mass is 16.1. The first-order valence-corrected chi connectivity index (χ1v) is 9.45. The van der Waals surface area contributed by atoms with Gasteiger partial charge < -0.3 is 10.6 Å². The number of nitrogens with zero attached hydrogens (tertiary/aromatic N) is 1. The van der Waals surface area contributed by atoms with Gasteiger partial charge in [0.05, 0.1) is 0 Å². The summed E-state index contributed by atoms with van der Waals surface area (Å²) in [5, 5.41) is 6.60. The van der Waals surface area contributed by atoms with E-state index >= 15 is 0 Å². The van der Waals surface area contributed by atoms with Crippen molar-refractivity contribution in [3.8, 4) is 0 Å². The maximum atomic E-state index is 12.5. The minimum atomic E-state index is 0.156. The molecule has 0 aromatic heterocycles. The molecule has 126 valence electrons. The van der Waals surface area contributed by atoms with Gasteiger partial charge in [0.2, 0.25) is 5.91 Å². The van der Waals surface area contributed by atoms with Crippen LogP contribution in [0.5, 0.6) is 0 Å². The fraction of sp³-hybridized carbons (Fsp3) is 0.944. The lowest BCUT2D eigenvalue weighted by atomic mass is 9.79. The number of nitrogens with one attached hydrogen (secondary N) is 2. The van der Waals surface area contributed by atoms with Gasteiger partial charge in [0.15, 0.2) is 0 Å². The van der Waals surface area contributed by atoms with Gasteiger partial charge in [0.1, 0.15) is 0 Å². The van der Waals surface area contributed by atoms with Crippen LogP contribution in [0.3, 0.4) is 0 Å². The standard InChI is InChI=1S/C18H33N3O/c1-15(16-12-19-13-16)17(22)20-14-18(8-4-2-5-9-18)21-10-6-3-7-11-21/h15-16,19H,2-14H2,1H3,(H,20,22). The minimum Gasteiger partial charge on any atom is -0.354 e. The van der Waals surface area contributed by atoms with Gasteiger partial charge in [-0.15, -0.1) is 0 Å². The number of piperidine rings is 1. The molecular weight excluding hydrogens is 274 g/mol. The summed E-state index contributed by atoms with van der Waals surface area (Å²) in [7, 11) is 0. The molecule has 3 rings (SSSR count). The first-order chi connectivity index (χ1) is 10.7. The van der Waals surface area contributed by atoms with E-state index < -0.39 is 0 Å². The topological polar surface area (TPSA) is 44.4 Å². The van der Waals surface area contributed by atoms with Crippen molar-refractivity contribution < 1.29 is 4.79 Å². The Bertz CT molecular complexity index is 369. The van der Waals surface area contributed by atoms with E-state index in [4.69, 9.17) is 0 Å². The van der Waals surface area contributed by atoms with Crippen LogP contribution in [-0.4, -0.2) is 49.1 Å². The zero-order chi connectivity index (χ0) is 15.4. The number of likely N-dealkylation sites (tertiary alicyclic amines) is 1. The third kappa shape index (κ3) is 3.48. The Morgan fingerprint density at radius 2 is 1.77 bits per heavy atom. The smallest absolute Gasteiger partial charge is 0.223 e. The lowest BCUT2D eigenvalue weighted by Crippen LogP contribution is -2.59. The van der Waals surface area contributed by atoms with E-state index in [9.17, 15) is 4.79 Å². The second kappa shape index (κ2) is 7.31. The normalized spacial score (nSPS) is 27.9. The summed E-state index contributed by atoms with van der Waals surface area (Å²) in [4.78, 5) is 15.2. The van der Waals surface area contributed by atoms with Gasteiger partial charge in [0.25, 0.3) is 0 Å². The van der Waals surface area contributed by atoms with E-state index in [-0.39, 0.29) is 17.4 Å². The van der Waals surface area contributed by atoms with Crippen LogP contribution >= 0.6 is 0 Å². The summed E-state index contributed by atoms with van der Waals surface area (Å²) >= 11 is 0. The molecule has 2 N–H and O–H groups in total. The summed E-state index contributed by atoms with van der Waals surface area (Å²) < 4.78 is 0. The van der Waals surface area contributed by atoms with Gasteiger partial charge in [-0.3, -0.25) is 9.69 Å². The van der Waals surface area contributed by atoms with Crippen LogP contribution in [-0.2, 0) is 4.79 Å². The summed E-state index contributed by atoms with van der Waals surface area (Å²) in [5.41, 5.74) is 0.256. The van der Waals surface area contributed by atoms with E-state index in [1.807, 2.05) is 0 Å². The maximum Gasteiger partial charge on any atom is 0.223 e. The highest BCUT2D eigenvalue weighted by molar-refractivity contribution is 5.78. The van der Waals surface area contributed by atoms with Crippen molar-refractivity contribution >= 4 is 5.91 Å². The average Bonchev–Trinajstić information content (AvgIpc) is 2.52. The molecule has 0 spiro atoms. The van der Waals surface area contributed by atoms with Gasteiger partial charge in [-0.2, -0.15) is 0 Å². The largest absolute Gasteiger partial charge is 0.354 e. The highest BCUT2D eigenvalue weighted by Crippen LogP contribution is 2.35. The number of rotatable bonds is 5. The van der Waals surface area contributed by atoms with Crippen molar-refractivity contribution in [2.75, 3.05) is 32.7 Å². The zero-order valence-electron chi connectivity index (χ0n) is 14.2. The molecule has 0 radical (unpaired) electrons. The number of hydrogen-bond acceptors (Lipinski definition) is 3. The Morgan fingerprint density at radius 1 is 1.14 bits per heavy atom. The molecule has 0 aromatic rings. The van der Waals surface area contributed by atoms with Crippen LogP contribution in [0.1, 0.15) is 58.3 Å². The molecule has 0 aromatic carbocycles. The lowest BCUT2D eigenvalue weighted by Gasteiger charge is -2.48. The van der Waals surface area contributed by atoms with E-state index in [2.05, 4.69) is 22.5 Å². The van der Waals surface area contributed by atoms with Gasteiger partial charge in [-0.1, -0.05) is 32.6 Å². The molecule has 22 heavy (non-hydrogen) atoms. The van der Waals surface area contributed by atoms with Crippen LogP contribution in [0.15, 0.2) is 0 Å². The molecule has 1 saturated carbocycles. The van der Waals surface area contributed by atoms with Gasteiger partial charge in [-0.25, -0.2) is 0 Å². The van der Waals surface area contributed by atoms with Gasteiger partial charge >= 0.3 is 0 Å². The van der Waals surface area contributed by atoms with Crippen molar-refractivity contribution in [1.29, 1.82) is 0 Å². The molecule has 4 heteroatoms. The molecule has 1 amide bonds. The Balaban J connectivity index is 1.58. The van der Waals surface area contributed by atoms with Crippen LogP contribution in [0.2, 0.25) is 0 Å². The van der Waals surface area contributed by atoms with Crippen LogP contribution in [0.25, 0.3) is 0 Å². The van der Waals surface area contributed by atoms with E-state index in [0.29, 0.717) is 5.92 Å². The fourth-order valence-electron chi connectivity index (χ4n) is 4.47. The summed E-state index contributed by atoms with van der Waals surface area (Å²) in [6.07, 6.45) is 10.6. The number of carbonyl (C=O) groups is 1. The minimum absolute atomic E-state index is 0.156. The molecule has 1 unspecified atom stereocenters. The second-order valence-corrected chi connectivity index (χ2v) is 7.76.